The van der Waals surface area contributed by atoms with E-state index in [1.165, 1.54) is 0 Å². The molecule has 24 heavy (non-hydrogen) atoms. The molecule has 1 aliphatic heterocycles. The fourth-order valence-corrected chi connectivity index (χ4v) is 4.33. The van der Waals surface area contributed by atoms with E-state index in [1.807, 2.05) is 24.8 Å². The average molecular weight is 388 g/mol. The van der Waals surface area contributed by atoms with Crippen LogP contribution in [0.1, 0.15) is 38.4 Å². The maximum Gasteiger partial charge on any atom is 0.323 e. The summed E-state index contributed by atoms with van der Waals surface area (Å²) in [7, 11) is 0. The maximum absolute atomic E-state index is 11.0. The zero-order valence-corrected chi connectivity index (χ0v) is 16.4. The van der Waals surface area contributed by atoms with Crippen molar-refractivity contribution >= 4 is 40.5 Å². The minimum absolute atomic E-state index is 0.0764. The van der Waals surface area contributed by atoms with E-state index in [9.17, 15) is 9.90 Å². The molecule has 0 radical (unpaired) electrons. The van der Waals surface area contributed by atoms with Crippen LogP contribution in [-0.2, 0) is 6.42 Å². The van der Waals surface area contributed by atoms with Crippen molar-refractivity contribution in [3.8, 4) is 0 Å². The van der Waals surface area contributed by atoms with Gasteiger partial charge in [0.05, 0.1) is 11.1 Å². The third-order valence-corrected chi connectivity index (χ3v) is 6.08. The Morgan fingerprint density at radius 1 is 1.58 bits per heavy atom. The summed E-state index contributed by atoms with van der Waals surface area (Å²) in [6.45, 7) is 2.93. The van der Waals surface area contributed by atoms with Crippen LogP contribution in [0.15, 0.2) is 16.9 Å². The molecule has 2 N–H and O–H groups in total. The van der Waals surface area contributed by atoms with Crippen molar-refractivity contribution in [3.63, 3.8) is 0 Å². The number of aromatic amines is 1. The fraction of sp³-hybridized carbons (Fsp3) is 0.688. The molecule has 2 heterocycles. The van der Waals surface area contributed by atoms with Crippen LogP contribution in [-0.4, -0.2) is 54.5 Å². The standard InChI is InChI=1S/C16H25N3O2S3/c1-2-13(20)7-5-12-6-8-15(22)19(12)9-11-23-10-3-4-14-17-16(21)24-18-14/h5,7,12-13,20H,2-4,6,8-11H2,1H3,(H,17,18,21)/b7-5+/t12-,13-/m0/s1. The molecule has 1 aliphatic rings. The van der Waals surface area contributed by atoms with Crippen LogP contribution >= 0.6 is 35.5 Å². The number of hydrogen-bond donors (Lipinski definition) is 2. The van der Waals surface area contributed by atoms with Crippen molar-refractivity contribution in [2.75, 3.05) is 18.1 Å². The van der Waals surface area contributed by atoms with Crippen LogP contribution in [0.5, 0.6) is 0 Å². The highest BCUT2D eigenvalue weighted by Crippen LogP contribution is 2.22. The van der Waals surface area contributed by atoms with Crippen molar-refractivity contribution < 1.29 is 5.11 Å². The second-order valence-electron chi connectivity index (χ2n) is 5.81. The molecule has 1 fully saturated rings. The number of aromatic nitrogens is 2. The van der Waals surface area contributed by atoms with Gasteiger partial charge in [0.1, 0.15) is 5.82 Å². The number of hydrogen-bond acceptors (Lipinski definition) is 6. The van der Waals surface area contributed by atoms with Crippen molar-refractivity contribution in [1.82, 2.24) is 14.3 Å². The van der Waals surface area contributed by atoms with Gasteiger partial charge >= 0.3 is 4.87 Å². The average Bonchev–Trinajstić information content (AvgIpc) is 3.14. The zero-order chi connectivity index (χ0) is 17.4. The van der Waals surface area contributed by atoms with Crippen LogP contribution in [0.4, 0.5) is 0 Å². The van der Waals surface area contributed by atoms with Gasteiger partial charge in [-0.3, -0.25) is 9.78 Å². The highest BCUT2D eigenvalue weighted by Gasteiger charge is 2.25. The molecule has 0 aromatic carbocycles. The summed E-state index contributed by atoms with van der Waals surface area (Å²) < 4.78 is 4.07. The molecule has 0 aliphatic carbocycles. The van der Waals surface area contributed by atoms with Gasteiger partial charge in [0.15, 0.2) is 0 Å². The summed E-state index contributed by atoms with van der Waals surface area (Å²) in [5.41, 5.74) is 0. The van der Waals surface area contributed by atoms with Gasteiger partial charge in [0.25, 0.3) is 0 Å². The summed E-state index contributed by atoms with van der Waals surface area (Å²) in [6, 6.07) is 0.333. The number of aliphatic hydroxyl groups is 1. The van der Waals surface area contributed by atoms with E-state index >= 15 is 0 Å². The summed E-state index contributed by atoms with van der Waals surface area (Å²) in [6.07, 6.45) is 8.25. The van der Waals surface area contributed by atoms with E-state index in [-0.39, 0.29) is 11.0 Å². The van der Waals surface area contributed by atoms with Crippen LogP contribution in [0.2, 0.25) is 0 Å². The Bertz CT molecular complexity index is 599. The monoisotopic (exact) mass is 387 g/mol. The van der Waals surface area contributed by atoms with Crippen molar-refractivity contribution in [2.24, 2.45) is 0 Å². The molecule has 5 nitrogen and oxygen atoms in total. The first kappa shape index (κ1) is 19.6. The van der Waals surface area contributed by atoms with Gasteiger partial charge in [-0.25, -0.2) is 0 Å². The molecule has 0 unspecified atom stereocenters. The first-order chi connectivity index (χ1) is 11.6. The van der Waals surface area contributed by atoms with Gasteiger partial charge in [0.2, 0.25) is 0 Å². The normalized spacial score (nSPS) is 19.5. The number of nitrogens with zero attached hydrogens (tertiary/aromatic N) is 2. The third-order valence-electron chi connectivity index (χ3n) is 4.01. The van der Waals surface area contributed by atoms with E-state index in [0.717, 1.165) is 72.5 Å². The molecule has 8 heteroatoms. The van der Waals surface area contributed by atoms with Crippen molar-refractivity contribution in [3.05, 3.63) is 27.6 Å². The van der Waals surface area contributed by atoms with Gasteiger partial charge < -0.3 is 10.0 Å². The van der Waals surface area contributed by atoms with Crippen LogP contribution < -0.4 is 4.87 Å². The van der Waals surface area contributed by atoms with E-state index in [2.05, 4.69) is 20.3 Å². The Morgan fingerprint density at radius 2 is 2.42 bits per heavy atom. The van der Waals surface area contributed by atoms with E-state index in [4.69, 9.17) is 12.2 Å². The number of aliphatic hydroxyl groups excluding tert-OH is 1. The van der Waals surface area contributed by atoms with E-state index in [1.54, 1.807) is 0 Å². The van der Waals surface area contributed by atoms with Gasteiger partial charge in [-0.15, -0.1) is 0 Å². The zero-order valence-electron chi connectivity index (χ0n) is 13.9. The Hall–Kier alpha value is -0.700. The minimum Gasteiger partial charge on any atom is -0.389 e. The fourth-order valence-electron chi connectivity index (χ4n) is 2.61. The van der Waals surface area contributed by atoms with E-state index < -0.39 is 0 Å². The lowest BCUT2D eigenvalue weighted by atomic mass is 10.1. The lowest BCUT2D eigenvalue weighted by Gasteiger charge is -2.24. The molecule has 1 aromatic heterocycles. The minimum atomic E-state index is -0.354. The predicted octanol–water partition coefficient (Wildman–Crippen LogP) is 2.62. The van der Waals surface area contributed by atoms with Gasteiger partial charge in [-0.2, -0.15) is 16.1 Å². The predicted molar refractivity (Wildman–Crippen MR) is 106 cm³/mol. The molecule has 0 bridgehead atoms. The Balaban J connectivity index is 1.65. The first-order valence-corrected chi connectivity index (χ1v) is 10.7. The number of likely N-dealkylation sites (tertiary alicyclic amines) is 1. The third kappa shape index (κ3) is 6.31. The molecule has 0 spiro atoms. The van der Waals surface area contributed by atoms with Crippen LogP contribution in [0.3, 0.4) is 0 Å². The highest BCUT2D eigenvalue weighted by atomic mass is 32.2. The van der Waals surface area contributed by atoms with E-state index in [0.29, 0.717) is 6.04 Å². The number of rotatable bonds is 10. The lowest BCUT2D eigenvalue weighted by molar-refractivity contribution is 0.218. The van der Waals surface area contributed by atoms with Crippen molar-refractivity contribution in [2.45, 2.75) is 51.2 Å². The summed E-state index contributed by atoms with van der Waals surface area (Å²) >= 11 is 8.37. The molecule has 0 amide bonds. The number of aryl methyl sites for hydroxylation is 1. The molecule has 1 aromatic rings. The molecule has 134 valence electrons. The smallest absolute Gasteiger partial charge is 0.323 e. The summed E-state index contributed by atoms with van der Waals surface area (Å²) in [5, 5.41) is 9.67. The maximum atomic E-state index is 11.0. The number of thioether (sulfide) groups is 1. The SMILES string of the molecule is CC[C@H](O)/C=C/[C@H]1CCC(=S)N1CCSCCCc1nsc(=O)[nH]1. The first-order valence-electron chi connectivity index (χ1n) is 8.38. The van der Waals surface area contributed by atoms with Gasteiger partial charge in [-0.05, 0) is 25.0 Å². The number of nitrogens with one attached hydrogen (secondary N) is 1. The molecule has 2 atom stereocenters. The molecular formula is C16H25N3O2S3. The Labute approximate surface area is 156 Å². The number of H-pyrrole nitrogens is 1. The molecular weight excluding hydrogens is 362 g/mol. The second-order valence-corrected chi connectivity index (χ2v) is 8.24. The molecule has 1 saturated heterocycles. The number of thiocarbonyl (C=S) groups is 1. The van der Waals surface area contributed by atoms with Crippen molar-refractivity contribution in [1.29, 1.82) is 0 Å². The van der Waals surface area contributed by atoms with Gasteiger partial charge in [0, 0.05) is 42.7 Å². The topological polar surface area (TPSA) is 69.2 Å². The summed E-state index contributed by atoms with van der Waals surface area (Å²) in [5.74, 6) is 2.88. The largest absolute Gasteiger partial charge is 0.389 e. The molecule has 0 saturated carbocycles. The Morgan fingerprint density at radius 3 is 3.12 bits per heavy atom. The lowest BCUT2D eigenvalue weighted by Crippen LogP contribution is -2.33. The summed E-state index contributed by atoms with van der Waals surface area (Å²) in [4.78, 5) is 17.0. The molecule has 2 rings (SSSR count). The van der Waals surface area contributed by atoms with Crippen LogP contribution in [0.25, 0.3) is 0 Å². The second kappa shape index (κ2) is 10.3. The highest BCUT2D eigenvalue weighted by molar-refractivity contribution is 7.99. The quantitative estimate of drug-likeness (QED) is 0.365. The van der Waals surface area contributed by atoms with Crippen LogP contribution in [0, 0.1) is 0 Å². The van der Waals surface area contributed by atoms with Gasteiger partial charge in [-0.1, -0.05) is 31.3 Å². The Kier molecular flexibility index (Phi) is 8.44.